The summed E-state index contributed by atoms with van der Waals surface area (Å²) in [5, 5.41) is 4.95. The predicted octanol–water partition coefficient (Wildman–Crippen LogP) is 5.80. The van der Waals surface area contributed by atoms with Gasteiger partial charge in [-0.05, 0) is 63.3 Å². The lowest BCUT2D eigenvalue weighted by atomic mass is 9.72. The number of nitrogens with one attached hydrogen (secondary N) is 1. The Morgan fingerprint density at radius 2 is 1.91 bits per heavy atom. The number of amides is 1. The highest BCUT2D eigenvalue weighted by Crippen LogP contribution is 2.45. The molecule has 1 aromatic heterocycles. The van der Waals surface area contributed by atoms with Crippen molar-refractivity contribution in [2.45, 2.75) is 102 Å². The van der Waals surface area contributed by atoms with Crippen LogP contribution in [-0.2, 0) is 11.2 Å². The van der Waals surface area contributed by atoms with Gasteiger partial charge in [0.25, 0.3) is 0 Å². The maximum atomic E-state index is 13.4. The molecule has 1 unspecified atom stereocenters. The highest BCUT2D eigenvalue weighted by atomic mass is 16.2. The Morgan fingerprint density at radius 1 is 1.16 bits per heavy atom. The minimum atomic E-state index is 0.0974. The molecule has 3 aliphatic rings. The normalized spacial score (nSPS) is 28.0. The maximum Gasteiger partial charge on any atom is 0.224 e. The third kappa shape index (κ3) is 4.00. The third-order valence-corrected chi connectivity index (χ3v) is 8.76. The molecular formula is C28H41N3O. The predicted molar refractivity (Wildman–Crippen MR) is 132 cm³/mol. The van der Waals surface area contributed by atoms with Gasteiger partial charge in [-0.15, -0.1) is 0 Å². The van der Waals surface area contributed by atoms with Gasteiger partial charge >= 0.3 is 0 Å². The van der Waals surface area contributed by atoms with E-state index in [0.717, 1.165) is 38.6 Å². The molecule has 5 rings (SSSR count). The van der Waals surface area contributed by atoms with E-state index in [-0.39, 0.29) is 5.92 Å². The summed E-state index contributed by atoms with van der Waals surface area (Å²) in [6, 6.07) is 8.28. The molecule has 1 amide bonds. The van der Waals surface area contributed by atoms with Crippen molar-refractivity contribution in [3.05, 3.63) is 35.5 Å². The Balaban J connectivity index is 1.39. The van der Waals surface area contributed by atoms with Crippen molar-refractivity contribution >= 4 is 16.8 Å². The first-order chi connectivity index (χ1) is 15.6. The number of rotatable bonds is 4. The zero-order valence-corrected chi connectivity index (χ0v) is 20.3. The van der Waals surface area contributed by atoms with Crippen LogP contribution in [0.3, 0.4) is 0 Å². The largest absolute Gasteiger partial charge is 0.353 e. The first kappa shape index (κ1) is 22.0. The lowest BCUT2D eigenvalue weighted by molar-refractivity contribution is -0.128. The van der Waals surface area contributed by atoms with Gasteiger partial charge in [-0.3, -0.25) is 4.79 Å². The van der Waals surface area contributed by atoms with Crippen LogP contribution in [0.2, 0.25) is 0 Å². The van der Waals surface area contributed by atoms with Crippen molar-refractivity contribution in [3.8, 4) is 0 Å². The van der Waals surface area contributed by atoms with E-state index in [1.807, 2.05) is 0 Å². The second-order valence-corrected chi connectivity index (χ2v) is 10.9. The number of likely N-dealkylation sites (tertiary alicyclic amines) is 1. The summed E-state index contributed by atoms with van der Waals surface area (Å²) in [6.07, 6.45) is 14.5. The lowest BCUT2D eigenvalue weighted by Gasteiger charge is -2.45. The Bertz CT molecular complexity index is 955. The van der Waals surface area contributed by atoms with Crippen molar-refractivity contribution in [1.29, 1.82) is 0 Å². The summed E-state index contributed by atoms with van der Waals surface area (Å²) in [5.74, 6) is 0.849. The van der Waals surface area contributed by atoms with Gasteiger partial charge in [-0.2, -0.15) is 0 Å². The molecule has 174 valence electrons. The van der Waals surface area contributed by atoms with E-state index >= 15 is 0 Å². The van der Waals surface area contributed by atoms with E-state index in [4.69, 9.17) is 0 Å². The molecule has 0 bridgehead atoms. The highest BCUT2D eigenvalue weighted by molar-refractivity contribution is 5.89. The van der Waals surface area contributed by atoms with Crippen molar-refractivity contribution in [3.63, 3.8) is 0 Å². The molecule has 1 saturated carbocycles. The third-order valence-electron chi connectivity index (χ3n) is 8.76. The number of piperidine rings is 1. The monoisotopic (exact) mass is 435 g/mol. The molecule has 2 heterocycles. The van der Waals surface area contributed by atoms with Gasteiger partial charge in [-0.1, -0.05) is 51.2 Å². The fraction of sp³-hybridized carbons (Fsp3) is 0.679. The van der Waals surface area contributed by atoms with Crippen LogP contribution in [0.4, 0.5) is 0 Å². The van der Waals surface area contributed by atoms with Crippen molar-refractivity contribution < 1.29 is 4.79 Å². The van der Waals surface area contributed by atoms with Gasteiger partial charge in [0.2, 0.25) is 5.91 Å². The summed E-state index contributed by atoms with van der Waals surface area (Å²) in [5.41, 5.74) is 4.36. The van der Waals surface area contributed by atoms with Crippen LogP contribution in [0.5, 0.6) is 0 Å². The molecule has 1 N–H and O–H groups in total. The number of benzene rings is 1. The Morgan fingerprint density at radius 3 is 2.66 bits per heavy atom. The molecule has 2 fully saturated rings. The first-order valence-electron chi connectivity index (χ1n) is 13.2. The van der Waals surface area contributed by atoms with Crippen LogP contribution >= 0.6 is 0 Å². The van der Waals surface area contributed by atoms with E-state index in [0.29, 0.717) is 30.0 Å². The van der Waals surface area contributed by atoms with Gasteiger partial charge in [0.15, 0.2) is 0 Å². The maximum absolute atomic E-state index is 13.4. The number of carbonyl (C=O) groups is 1. The number of hydrogen-bond acceptors (Lipinski definition) is 2. The topological polar surface area (TPSA) is 37.3 Å². The molecule has 0 radical (unpaired) electrons. The van der Waals surface area contributed by atoms with Crippen LogP contribution in [0.1, 0.15) is 94.7 Å². The fourth-order valence-corrected chi connectivity index (χ4v) is 6.75. The fourth-order valence-electron chi connectivity index (χ4n) is 6.75. The van der Waals surface area contributed by atoms with Crippen molar-refractivity contribution in [2.75, 3.05) is 13.6 Å². The first-order valence-corrected chi connectivity index (χ1v) is 13.2. The summed E-state index contributed by atoms with van der Waals surface area (Å²) >= 11 is 0. The van der Waals surface area contributed by atoms with Crippen LogP contribution in [0.25, 0.3) is 10.9 Å². The molecule has 1 aliphatic heterocycles. The van der Waals surface area contributed by atoms with E-state index in [1.165, 1.54) is 54.1 Å². The summed E-state index contributed by atoms with van der Waals surface area (Å²) in [4.78, 5) is 15.8. The Kier molecular flexibility index (Phi) is 6.33. The zero-order valence-electron chi connectivity index (χ0n) is 20.3. The average molecular weight is 436 g/mol. The molecule has 4 atom stereocenters. The SMILES string of the molecule is CCC(C)n1cc2c3c(cccc31)[C@H]1C[C@@H](C(=O)NC3CCCCCCC3)CN(C)[C@@H]1C2. The van der Waals surface area contributed by atoms with Crippen LogP contribution in [0.15, 0.2) is 24.4 Å². The molecule has 32 heavy (non-hydrogen) atoms. The number of aromatic nitrogens is 1. The van der Waals surface area contributed by atoms with Gasteiger partial charge in [0.05, 0.1) is 5.92 Å². The molecule has 0 spiro atoms. The minimum Gasteiger partial charge on any atom is -0.353 e. The summed E-state index contributed by atoms with van der Waals surface area (Å²) in [7, 11) is 2.24. The van der Waals surface area contributed by atoms with Gasteiger partial charge in [-0.25, -0.2) is 0 Å². The summed E-state index contributed by atoms with van der Waals surface area (Å²) < 4.78 is 2.49. The number of hydrogen-bond donors (Lipinski definition) is 1. The number of likely N-dealkylation sites (N-methyl/N-ethyl adjacent to an activating group) is 1. The standard InChI is InChI=1S/C28H41N3O/c1-4-19(2)31-18-20-16-26-24(23-13-10-14-25(31)27(20)23)15-21(17-30(26)3)28(32)29-22-11-8-6-5-7-9-12-22/h10,13-14,18-19,21-22,24,26H,4-9,11-12,15-17H2,1-3H3,(H,29,32)/t19?,21-,24-,26-/m1/s1. The minimum absolute atomic E-state index is 0.0974. The number of fused-ring (bicyclic) bond motifs is 2. The number of nitrogens with zero attached hydrogens (tertiary/aromatic N) is 2. The van der Waals surface area contributed by atoms with Crippen LogP contribution < -0.4 is 5.32 Å². The van der Waals surface area contributed by atoms with Gasteiger partial charge in [0.1, 0.15) is 0 Å². The van der Waals surface area contributed by atoms with E-state index in [2.05, 4.69) is 60.1 Å². The van der Waals surface area contributed by atoms with Crippen LogP contribution in [0, 0.1) is 5.92 Å². The lowest BCUT2D eigenvalue weighted by Crippen LogP contribution is -2.52. The molecular weight excluding hydrogens is 394 g/mol. The van der Waals surface area contributed by atoms with Crippen LogP contribution in [-0.4, -0.2) is 41.1 Å². The molecule has 2 aliphatic carbocycles. The van der Waals surface area contributed by atoms with E-state index in [1.54, 1.807) is 0 Å². The summed E-state index contributed by atoms with van der Waals surface area (Å²) in [6.45, 7) is 5.48. The van der Waals surface area contributed by atoms with E-state index in [9.17, 15) is 4.79 Å². The molecule has 2 aromatic rings. The molecule has 4 heteroatoms. The smallest absolute Gasteiger partial charge is 0.224 e. The number of carbonyl (C=O) groups excluding carboxylic acids is 1. The van der Waals surface area contributed by atoms with Crippen molar-refractivity contribution in [2.24, 2.45) is 5.92 Å². The van der Waals surface area contributed by atoms with Crippen molar-refractivity contribution in [1.82, 2.24) is 14.8 Å². The second-order valence-electron chi connectivity index (χ2n) is 10.9. The molecule has 4 nitrogen and oxygen atoms in total. The van der Waals surface area contributed by atoms with E-state index < -0.39 is 0 Å². The molecule has 1 saturated heterocycles. The van der Waals surface area contributed by atoms with Gasteiger partial charge < -0.3 is 14.8 Å². The Labute approximate surface area is 193 Å². The second kappa shape index (κ2) is 9.21. The zero-order chi connectivity index (χ0) is 22.2. The average Bonchev–Trinajstić information content (AvgIpc) is 3.15. The van der Waals surface area contributed by atoms with Gasteiger partial charge in [0, 0.05) is 47.7 Å². The quantitative estimate of drug-likeness (QED) is 0.659. The Hall–Kier alpha value is -1.81. The highest BCUT2D eigenvalue weighted by Gasteiger charge is 2.42. The molecule has 1 aromatic carbocycles.